The van der Waals surface area contributed by atoms with Gasteiger partial charge in [-0.15, -0.1) is 0 Å². The summed E-state index contributed by atoms with van der Waals surface area (Å²) in [5.41, 5.74) is 3.03. The summed E-state index contributed by atoms with van der Waals surface area (Å²) in [6, 6.07) is 15.1. The Hall–Kier alpha value is -2.82. The molecule has 0 heterocycles. The summed E-state index contributed by atoms with van der Waals surface area (Å²) in [5, 5.41) is 2.81. The van der Waals surface area contributed by atoms with Gasteiger partial charge in [-0.3, -0.25) is 9.59 Å². The number of hydrogen-bond acceptors (Lipinski definition) is 3. The van der Waals surface area contributed by atoms with E-state index in [1.165, 1.54) is 0 Å². The number of carbonyl (C=O) groups excluding carboxylic acids is 2. The Morgan fingerprint density at radius 1 is 1.07 bits per heavy atom. The second-order valence-electron chi connectivity index (χ2n) is 8.55. The van der Waals surface area contributed by atoms with Crippen LogP contribution in [0.5, 0.6) is 5.75 Å². The first-order chi connectivity index (χ1) is 14.1. The normalized spacial score (nSPS) is 12.2. The molecule has 0 aliphatic heterocycles. The monoisotopic (exact) mass is 410 g/mol. The van der Waals surface area contributed by atoms with E-state index in [1.54, 1.807) is 11.8 Å². The highest BCUT2D eigenvalue weighted by atomic mass is 16.5. The minimum absolute atomic E-state index is 0.102. The van der Waals surface area contributed by atoms with Crippen LogP contribution in [0, 0.1) is 6.92 Å². The molecule has 0 bridgehead atoms. The number of rotatable bonds is 8. The lowest BCUT2D eigenvalue weighted by Gasteiger charge is -2.29. The van der Waals surface area contributed by atoms with E-state index >= 15 is 0 Å². The molecular weight excluding hydrogens is 376 g/mol. The third-order valence-corrected chi connectivity index (χ3v) is 5.17. The van der Waals surface area contributed by atoms with Crippen LogP contribution in [0.15, 0.2) is 48.5 Å². The Morgan fingerprint density at radius 2 is 1.70 bits per heavy atom. The Balaban J connectivity index is 2.23. The zero-order chi connectivity index (χ0) is 22.3. The van der Waals surface area contributed by atoms with E-state index in [2.05, 4.69) is 26.1 Å². The van der Waals surface area contributed by atoms with Gasteiger partial charge in [0.25, 0.3) is 5.91 Å². The highest BCUT2D eigenvalue weighted by molar-refractivity contribution is 5.88. The number of amides is 2. The summed E-state index contributed by atoms with van der Waals surface area (Å²) < 4.78 is 5.94. The minimum Gasteiger partial charge on any atom is -0.483 e. The molecule has 0 spiro atoms. The second kappa shape index (κ2) is 10.3. The van der Waals surface area contributed by atoms with Gasteiger partial charge in [-0.2, -0.15) is 0 Å². The van der Waals surface area contributed by atoms with Gasteiger partial charge in [0.2, 0.25) is 5.91 Å². The lowest BCUT2D eigenvalue weighted by molar-refractivity contribution is -0.142. The second-order valence-corrected chi connectivity index (χ2v) is 8.55. The maximum Gasteiger partial charge on any atom is 0.261 e. The molecule has 0 fully saturated rings. The van der Waals surface area contributed by atoms with Crippen molar-refractivity contribution in [3.05, 3.63) is 65.2 Å². The first-order valence-corrected chi connectivity index (χ1v) is 10.5. The van der Waals surface area contributed by atoms with Gasteiger partial charge in [-0.05, 0) is 48.9 Å². The van der Waals surface area contributed by atoms with Crippen molar-refractivity contribution in [1.29, 1.82) is 0 Å². The number of carbonyl (C=O) groups is 2. The molecule has 0 saturated carbocycles. The smallest absolute Gasteiger partial charge is 0.261 e. The number of nitrogens with one attached hydrogen (secondary N) is 1. The molecule has 5 nitrogen and oxygen atoms in total. The molecule has 2 aromatic rings. The summed E-state index contributed by atoms with van der Waals surface area (Å²) in [4.78, 5) is 27.2. The van der Waals surface area contributed by atoms with E-state index < -0.39 is 6.04 Å². The van der Waals surface area contributed by atoms with Crippen LogP contribution >= 0.6 is 0 Å². The van der Waals surface area contributed by atoms with Gasteiger partial charge in [0.05, 0.1) is 0 Å². The average molecular weight is 411 g/mol. The molecule has 1 N–H and O–H groups in total. The molecule has 1 unspecified atom stereocenters. The Kier molecular flexibility index (Phi) is 8.04. The van der Waals surface area contributed by atoms with E-state index in [4.69, 9.17) is 4.74 Å². The third-order valence-electron chi connectivity index (χ3n) is 5.17. The molecule has 1 atom stereocenters. The van der Waals surface area contributed by atoms with E-state index in [1.807, 2.05) is 62.4 Å². The molecular formula is C25H34N2O3. The van der Waals surface area contributed by atoms with Crippen LogP contribution in [0.1, 0.15) is 51.3 Å². The van der Waals surface area contributed by atoms with Crippen LogP contribution in [0.4, 0.5) is 0 Å². The maximum atomic E-state index is 13.2. The molecule has 0 radical (unpaired) electrons. The molecule has 2 amide bonds. The zero-order valence-corrected chi connectivity index (χ0v) is 19.0. The largest absolute Gasteiger partial charge is 0.483 e. The van der Waals surface area contributed by atoms with Crippen molar-refractivity contribution in [1.82, 2.24) is 10.2 Å². The lowest BCUT2D eigenvalue weighted by Crippen LogP contribution is -2.49. The maximum absolute atomic E-state index is 13.2. The highest BCUT2D eigenvalue weighted by Crippen LogP contribution is 2.31. The summed E-state index contributed by atoms with van der Waals surface area (Å²) in [7, 11) is 0. The van der Waals surface area contributed by atoms with Gasteiger partial charge >= 0.3 is 0 Å². The SMILES string of the molecule is CCNC(=O)C(C)N(Cc1ccccc1C)C(=O)COc1ccccc1C(C)(C)C. The zero-order valence-electron chi connectivity index (χ0n) is 19.0. The number of hydrogen-bond donors (Lipinski definition) is 1. The molecule has 0 aromatic heterocycles. The molecule has 2 rings (SSSR count). The molecule has 0 saturated heterocycles. The first kappa shape index (κ1) is 23.5. The van der Waals surface area contributed by atoms with E-state index in [9.17, 15) is 9.59 Å². The van der Waals surface area contributed by atoms with Gasteiger partial charge in [0.15, 0.2) is 6.61 Å². The Morgan fingerprint density at radius 3 is 2.33 bits per heavy atom. The fraction of sp³-hybridized carbons (Fsp3) is 0.440. The van der Waals surface area contributed by atoms with Crippen molar-refractivity contribution >= 4 is 11.8 Å². The molecule has 2 aromatic carbocycles. The molecule has 0 aliphatic rings. The fourth-order valence-corrected chi connectivity index (χ4v) is 3.31. The summed E-state index contributed by atoms with van der Waals surface area (Å²) in [5.74, 6) is 0.301. The van der Waals surface area contributed by atoms with Crippen molar-refractivity contribution < 1.29 is 14.3 Å². The van der Waals surface area contributed by atoms with Gasteiger partial charge in [0.1, 0.15) is 11.8 Å². The van der Waals surface area contributed by atoms with E-state index in [0.717, 1.165) is 16.7 Å². The van der Waals surface area contributed by atoms with Gasteiger partial charge < -0.3 is 15.0 Å². The lowest BCUT2D eigenvalue weighted by atomic mass is 9.86. The van der Waals surface area contributed by atoms with Crippen molar-refractivity contribution in [3.8, 4) is 5.75 Å². The number of ether oxygens (including phenoxy) is 1. The predicted octanol–water partition coefficient (Wildman–Crippen LogP) is 4.22. The summed E-state index contributed by atoms with van der Waals surface area (Å²) in [6.45, 7) is 12.7. The summed E-state index contributed by atoms with van der Waals surface area (Å²) in [6.07, 6.45) is 0. The summed E-state index contributed by atoms with van der Waals surface area (Å²) >= 11 is 0. The van der Waals surface area contributed by atoms with Crippen LogP contribution < -0.4 is 10.1 Å². The van der Waals surface area contributed by atoms with Gasteiger partial charge in [-0.1, -0.05) is 63.2 Å². The molecule has 30 heavy (non-hydrogen) atoms. The third kappa shape index (κ3) is 6.09. The van der Waals surface area contributed by atoms with Crippen molar-refractivity contribution in [2.45, 2.75) is 59.5 Å². The Labute approximate surface area is 180 Å². The van der Waals surface area contributed by atoms with Crippen LogP contribution in [0.3, 0.4) is 0 Å². The van der Waals surface area contributed by atoms with Crippen LogP contribution in [0.2, 0.25) is 0 Å². The first-order valence-electron chi connectivity index (χ1n) is 10.5. The van der Waals surface area contributed by atoms with Crippen LogP contribution in [-0.4, -0.2) is 35.9 Å². The standard InChI is InChI=1S/C25H34N2O3/c1-7-26-24(29)19(3)27(16-20-13-9-8-12-18(20)2)23(28)17-30-22-15-11-10-14-21(22)25(4,5)6/h8-15,19H,7,16-17H2,1-6H3,(H,26,29). The van der Waals surface area contributed by atoms with Crippen molar-refractivity contribution in [2.24, 2.45) is 0 Å². The average Bonchev–Trinajstić information content (AvgIpc) is 2.70. The van der Waals surface area contributed by atoms with E-state index in [0.29, 0.717) is 18.8 Å². The number of aryl methyl sites for hydroxylation is 1. The predicted molar refractivity (Wildman–Crippen MR) is 121 cm³/mol. The van der Waals surface area contributed by atoms with Gasteiger partial charge in [0, 0.05) is 13.1 Å². The molecule has 162 valence electrons. The molecule has 5 heteroatoms. The molecule has 0 aliphatic carbocycles. The topological polar surface area (TPSA) is 58.6 Å². The van der Waals surface area contributed by atoms with Gasteiger partial charge in [-0.25, -0.2) is 0 Å². The van der Waals surface area contributed by atoms with Crippen molar-refractivity contribution in [3.63, 3.8) is 0 Å². The number of nitrogens with zero attached hydrogens (tertiary/aromatic N) is 1. The quantitative estimate of drug-likeness (QED) is 0.709. The minimum atomic E-state index is -0.599. The number of para-hydroxylation sites is 1. The van der Waals surface area contributed by atoms with Crippen LogP contribution in [-0.2, 0) is 21.5 Å². The number of likely N-dealkylation sites (N-methyl/N-ethyl adjacent to an activating group) is 1. The van der Waals surface area contributed by atoms with Crippen molar-refractivity contribution in [2.75, 3.05) is 13.2 Å². The highest BCUT2D eigenvalue weighted by Gasteiger charge is 2.27. The Bertz CT molecular complexity index is 871. The van der Waals surface area contributed by atoms with Crippen LogP contribution in [0.25, 0.3) is 0 Å². The van der Waals surface area contributed by atoms with E-state index in [-0.39, 0.29) is 23.8 Å². The fourth-order valence-electron chi connectivity index (χ4n) is 3.31. The number of benzene rings is 2.